The molecule has 0 radical (unpaired) electrons. The van der Waals surface area contributed by atoms with E-state index in [4.69, 9.17) is 15.7 Å². The summed E-state index contributed by atoms with van der Waals surface area (Å²) >= 11 is 1.67. The maximum absolute atomic E-state index is 8.98. The van der Waals surface area contributed by atoms with Crippen LogP contribution in [0.25, 0.3) is 0 Å². The van der Waals surface area contributed by atoms with E-state index in [0.29, 0.717) is 6.54 Å². The van der Waals surface area contributed by atoms with Gasteiger partial charge in [-0.2, -0.15) is 5.26 Å². The summed E-state index contributed by atoms with van der Waals surface area (Å²) in [5.74, 6) is 1.71. The van der Waals surface area contributed by atoms with Crippen molar-refractivity contribution in [2.45, 2.75) is 23.8 Å². The number of rotatable bonds is 7. The van der Waals surface area contributed by atoms with Crippen molar-refractivity contribution in [3.63, 3.8) is 0 Å². The molecule has 17 heavy (non-hydrogen) atoms. The van der Waals surface area contributed by atoms with E-state index in [1.54, 1.807) is 18.9 Å². The van der Waals surface area contributed by atoms with Crippen molar-refractivity contribution in [1.82, 2.24) is 0 Å². The van der Waals surface area contributed by atoms with Gasteiger partial charge in [0.25, 0.3) is 0 Å². The molecule has 0 fully saturated rings. The molecule has 0 aliphatic heterocycles. The van der Waals surface area contributed by atoms with Gasteiger partial charge in [0.15, 0.2) is 0 Å². The summed E-state index contributed by atoms with van der Waals surface area (Å²) in [7, 11) is 1.66. The number of nitriles is 1. The normalized spacial score (nSPS) is 11.8. The average molecular weight is 250 g/mol. The van der Waals surface area contributed by atoms with Gasteiger partial charge in [-0.05, 0) is 37.1 Å². The number of hydrogen-bond acceptors (Lipinski definition) is 4. The predicted octanol–water partition coefficient (Wildman–Crippen LogP) is 2.56. The molecule has 0 aliphatic carbocycles. The topological polar surface area (TPSA) is 59.0 Å². The summed E-state index contributed by atoms with van der Waals surface area (Å²) in [5.41, 5.74) is 6.65. The monoisotopic (exact) mass is 250 g/mol. The molecule has 0 amide bonds. The molecule has 0 saturated heterocycles. The van der Waals surface area contributed by atoms with Crippen molar-refractivity contribution in [2.24, 2.45) is 5.73 Å². The van der Waals surface area contributed by atoms with Crippen LogP contribution in [0.2, 0.25) is 0 Å². The Morgan fingerprint density at radius 3 is 2.65 bits per heavy atom. The van der Waals surface area contributed by atoms with E-state index < -0.39 is 0 Å². The fourth-order valence-corrected chi connectivity index (χ4v) is 2.40. The van der Waals surface area contributed by atoms with E-state index in [9.17, 15) is 0 Å². The van der Waals surface area contributed by atoms with Gasteiger partial charge >= 0.3 is 0 Å². The number of nitrogens with two attached hydrogens (primary N) is 1. The first-order chi connectivity index (χ1) is 8.30. The summed E-state index contributed by atoms with van der Waals surface area (Å²) in [6.45, 7) is 0.654. The third-order valence-corrected chi connectivity index (χ3v) is 3.67. The number of nitrogens with zero attached hydrogens (tertiary/aromatic N) is 1. The largest absolute Gasteiger partial charge is 0.497 e. The Bertz CT molecular complexity index is 359. The molecular weight excluding hydrogens is 232 g/mol. The van der Waals surface area contributed by atoms with Crippen molar-refractivity contribution in [3.8, 4) is 11.8 Å². The van der Waals surface area contributed by atoms with Crippen molar-refractivity contribution in [1.29, 1.82) is 5.26 Å². The van der Waals surface area contributed by atoms with E-state index in [2.05, 4.69) is 6.07 Å². The second-order valence-corrected chi connectivity index (χ2v) is 4.90. The Morgan fingerprint density at radius 1 is 1.41 bits per heavy atom. The third-order valence-electron chi connectivity index (χ3n) is 2.42. The molecule has 1 unspecified atom stereocenters. The Morgan fingerprint density at radius 2 is 2.12 bits per heavy atom. The number of hydrogen-bond donors (Lipinski definition) is 1. The summed E-state index contributed by atoms with van der Waals surface area (Å²) in [4.78, 5) is 0. The molecule has 4 heteroatoms. The first kappa shape index (κ1) is 13.9. The molecule has 0 aromatic heterocycles. The van der Waals surface area contributed by atoms with Crippen LogP contribution in [0.1, 0.15) is 18.4 Å². The smallest absolute Gasteiger partial charge is 0.118 e. The van der Waals surface area contributed by atoms with Gasteiger partial charge in [0.05, 0.1) is 18.4 Å². The second-order valence-electron chi connectivity index (χ2n) is 3.71. The Hall–Kier alpha value is -1.18. The third kappa shape index (κ3) is 5.12. The first-order valence-electron chi connectivity index (χ1n) is 5.64. The SMILES string of the molecule is COc1ccc(CSC(C#N)CCCN)cc1. The standard InChI is InChI=1S/C13H18N2OS/c1-16-12-6-4-11(5-7-12)10-17-13(9-15)3-2-8-14/h4-7,13H,2-3,8,10,14H2,1H3. The van der Waals surface area contributed by atoms with E-state index in [0.717, 1.165) is 24.3 Å². The number of benzene rings is 1. The molecule has 2 N–H and O–H groups in total. The van der Waals surface area contributed by atoms with E-state index in [-0.39, 0.29) is 5.25 Å². The summed E-state index contributed by atoms with van der Waals surface area (Å²) < 4.78 is 5.10. The fraction of sp³-hybridized carbons (Fsp3) is 0.462. The second kappa shape index (κ2) is 7.99. The summed E-state index contributed by atoms with van der Waals surface area (Å²) in [5, 5.41) is 9.02. The zero-order chi connectivity index (χ0) is 12.5. The fourth-order valence-electron chi connectivity index (χ4n) is 1.41. The number of thioether (sulfide) groups is 1. The van der Waals surface area contributed by atoms with Crippen molar-refractivity contribution in [2.75, 3.05) is 13.7 Å². The highest BCUT2D eigenvalue weighted by molar-refractivity contribution is 7.99. The minimum absolute atomic E-state index is 0.0423. The van der Waals surface area contributed by atoms with Crippen LogP contribution in [0.4, 0.5) is 0 Å². The van der Waals surface area contributed by atoms with E-state index >= 15 is 0 Å². The van der Waals surface area contributed by atoms with Crippen LogP contribution in [-0.2, 0) is 5.75 Å². The zero-order valence-corrected chi connectivity index (χ0v) is 10.9. The minimum atomic E-state index is 0.0423. The van der Waals surface area contributed by atoms with Crippen LogP contribution in [0.3, 0.4) is 0 Å². The van der Waals surface area contributed by atoms with Crippen LogP contribution in [-0.4, -0.2) is 18.9 Å². The van der Waals surface area contributed by atoms with Crippen LogP contribution < -0.4 is 10.5 Å². The van der Waals surface area contributed by atoms with Crippen molar-refractivity contribution < 1.29 is 4.74 Å². The molecule has 1 aromatic rings. The number of methoxy groups -OCH3 is 1. The molecule has 0 spiro atoms. The molecule has 0 aliphatic rings. The molecule has 1 atom stereocenters. The summed E-state index contributed by atoms with van der Waals surface area (Å²) in [6, 6.07) is 10.3. The molecule has 3 nitrogen and oxygen atoms in total. The van der Waals surface area contributed by atoms with Gasteiger partial charge in [0, 0.05) is 5.75 Å². The van der Waals surface area contributed by atoms with E-state index in [1.165, 1.54) is 5.56 Å². The van der Waals surface area contributed by atoms with Crippen LogP contribution in [0.15, 0.2) is 24.3 Å². The Labute approximate surface area is 107 Å². The van der Waals surface area contributed by atoms with Gasteiger partial charge in [-0.25, -0.2) is 0 Å². The molecule has 92 valence electrons. The Kier molecular flexibility index (Phi) is 6.53. The van der Waals surface area contributed by atoms with E-state index in [1.807, 2.05) is 24.3 Å². The van der Waals surface area contributed by atoms with Gasteiger partial charge in [-0.1, -0.05) is 12.1 Å². The van der Waals surface area contributed by atoms with Gasteiger partial charge in [0.2, 0.25) is 0 Å². The lowest BCUT2D eigenvalue weighted by Gasteiger charge is -2.08. The maximum Gasteiger partial charge on any atom is 0.118 e. The molecule has 0 heterocycles. The zero-order valence-electron chi connectivity index (χ0n) is 10.1. The molecular formula is C13H18N2OS. The highest BCUT2D eigenvalue weighted by atomic mass is 32.2. The van der Waals surface area contributed by atoms with Crippen molar-refractivity contribution >= 4 is 11.8 Å². The quantitative estimate of drug-likeness (QED) is 0.808. The number of ether oxygens (including phenoxy) is 1. The highest BCUT2D eigenvalue weighted by Gasteiger charge is 2.07. The van der Waals surface area contributed by atoms with Crippen LogP contribution >= 0.6 is 11.8 Å². The maximum atomic E-state index is 8.98. The summed E-state index contributed by atoms with van der Waals surface area (Å²) in [6.07, 6.45) is 1.78. The average Bonchev–Trinajstić information content (AvgIpc) is 2.39. The van der Waals surface area contributed by atoms with Gasteiger partial charge in [0.1, 0.15) is 5.75 Å². The molecule has 0 saturated carbocycles. The van der Waals surface area contributed by atoms with Crippen LogP contribution in [0.5, 0.6) is 5.75 Å². The molecule has 0 bridgehead atoms. The predicted molar refractivity (Wildman–Crippen MR) is 72.0 cm³/mol. The molecule has 1 aromatic carbocycles. The Balaban J connectivity index is 2.40. The van der Waals surface area contributed by atoms with Gasteiger partial charge in [-0.15, -0.1) is 11.8 Å². The lowest BCUT2D eigenvalue weighted by atomic mass is 10.2. The minimum Gasteiger partial charge on any atom is -0.497 e. The van der Waals surface area contributed by atoms with Gasteiger partial charge in [-0.3, -0.25) is 0 Å². The van der Waals surface area contributed by atoms with Crippen LogP contribution in [0, 0.1) is 11.3 Å². The highest BCUT2D eigenvalue weighted by Crippen LogP contribution is 2.22. The van der Waals surface area contributed by atoms with Gasteiger partial charge < -0.3 is 10.5 Å². The van der Waals surface area contributed by atoms with Crippen molar-refractivity contribution in [3.05, 3.63) is 29.8 Å². The lowest BCUT2D eigenvalue weighted by molar-refractivity contribution is 0.414. The molecule has 1 rings (SSSR count). The lowest BCUT2D eigenvalue weighted by Crippen LogP contribution is -2.05. The first-order valence-corrected chi connectivity index (χ1v) is 6.69.